The summed E-state index contributed by atoms with van der Waals surface area (Å²) in [4.78, 5) is 16.6. The van der Waals surface area contributed by atoms with Gasteiger partial charge in [0.05, 0.1) is 5.41 Å². The van der Waals surface area contributed by atoms with Gasteiger partial charge in [0.1, 0.15) is 5.78 Å². The molecule has 1 aliphatic carbocycles. The minimum Gasteiger partial charge on any atom is -0.454 e. The first kappa shape index (κ1) is 17.4. The predicted molar refractivity (Wildman–Crippen MR) is 111 cm³/mol. The highest BCUT2D eigenvalue weighted by Crippen LogP contribution is 2.51. The van der Waals surface area contributed by atoms with Crippen LogP contribution < -0.4 is 9.47 Å². The van der Waals surface area contributed by atoms with Crippen LogP contribution in [0.2, 0.25) is 0 Å². The van der Waals surface area contributed by atoms with Crippen LogP contribution in [-0.2, 0) is 22.0 Å². The lowest BCUT2D eigenvalue weighted by Crippen LogP contribution is -2.22. The Morgan fingerprint density at radius 3 is 2.64 bits per heavy atom. The zero-order chi connectivity index (χ0) is 19.5. The van der Waals surface area contributed by atoms with Gasteiger partial charge in [0.15, 0.2) is 11.5 Å². The molecular weight excluding hydrogens is 350 g/mol. The van der Waals surface area contributed by atoms with E-state index < -0.39 is 0 Å². The number of rotatable bonds is 4. The van der Waals surface area contributed by atoms with Gasteiger partial charge in [-0.15, -0.1) is 0 Å². The molecule has 3 aromatic rings. The van der Waals surface area contributed by atoms with Crippen LogP contribution in [-0.4, -0.2) is 17.6 Å². The summed E-state index contributed by atoms with van der Waals surface area (Å²) in [7, 11) is 0. The van der Waals surface area contributed by atoms with Crippen molar-refractivity contribution >= 4 is 16.7 Å². The molecule has 4 nitrogen and oxygen atoms in total. The van der Waals surface area contributed by atoms with Crippen LogP contribution in [0.1, 0.15) is 51.7 Å². The zero-order valence-corrected chi connectivity index (χ0v) is 16.6. The molecule has 0 atom stereocenters. The third-order valence-corrected chi connectivity index (χ3v) is 6.13. The molecule has 0 saturated heterocycles. The molecule has 0 amide bonds. The summed E-state index contributed by atoms with van der Waals surface area (Å²) in [5.74, 6) is 1.80. The van der Waals surface area contributed by atoms with Gasteiger partial charge >= 0.3 is 0 Å². The summed E-state index contributed by atoms with van der Waals surface area (Å²) in [5.41, 5.74) is 4.24. The smallest absolute Gasteiger partial charge is 0.231 e. The third kappa shape index (κ3) is 2.70. The number of ether oxygens (including phenoxy) is 2. The third-order valence-electron chi connectivity index (χ3n) is 6.13. The number of aromatic nitrogens is 1. The van der Waals surface area contributed by atoms with Gasteiger partial charge in [-0.1, -0.05) is 32.9 Å². The first-order valence-corrected chi connectivity index (χ1v) is 9.91. The van der Waals surface area contributed by atoms with Crippen LogP contribution in [0.25, 0.3) is 10.9 Å². The number of hydrogen-bond donors (Lipinski definition) is 1. The van der Waals surface area contributed by atoms with E-state index >= 15 is 0 Å². The Hall–Kier alpha value is -2.75. The standard InChI is InChI=1S/C24H25NO3.H2/c1-23(2,3)18-13-25-19-6-4-15(10-17(18)19)11-22(26)24(8-9-24)16-5-7-20-21(12-16)28-14-27-20;/h4-7,10,12-13,25H,8-9,11,14H2,1-3H3;1H. The van der Waals surface area contributed by atoms with Crippen molar-refractivity contribution in [1.29, 1.82) is 0 Å². The lowest BCUT2D eigenvalue weighted by Gasteiger charge is -2.18. The highest BCUT2D eigenvalue weighted by Gasteiger charge is 2.50. The lowest BCUT2D eigenvalue weighted by atomic mass is 9.85. The van der Waals surface area contributed by atoms with Gasteiger partial charge < -0.3 is 14.5 Å². The number of carbonyl (C=O) groups excluding carboxylic acids is 1. The van der Waals surface area contributed by atoms with Gasteiger partial charge in [0, 0.05) is 24.9 Å². The molecule has 1 aliphatic heterocycles. The molecule has 1 N–H and O–H groups in total. The van der Waals surface area contributed by atoms with Crippen molar-refractivity contribution in [3.05, 3.63) is 59.3 Å². The van der Waals surface area contributed by atoms with E-state index in [1.165, 1.54) is 10.9 Å². The van der Waals surface area contributed by atoms with E-state index in [0.717, 1.165) is 41.0 Å². The maximum atomic E-state index is 13.3. The van der Waals surface area contributed by atoms with E-state index in [0.29, 0.717) is 12.2 Å². The number of ketones is 1. The molecule has 4 heteroatoms. The van der Waals surface area contributed by atoms with Crippen LogP contribution in [0.4, 0.5) is 0 Å². The quantitative estimate of drug-likeness (QED) is 0.673. The topological polar surface area (TPSA) is 51.3 Å². The second-order valence-electron chi connectivity index (χ2n) is 9.08. The van der Waals surface area contributed by atoms with Crippen LogP contribution in [0.15, 0.2) is 42.6 Å². The van der Waals surface area contributed by atoms with Gasteiger partial charge in [0.25, 0.3) is 0 Å². The maximum absolute atomic E-state index is 13.3. The summed E-state index contributed by atoms with van der Waals surface area (Å²) in [5, 5.41) is 1.21. The van der Waals surface area contributed by atoms with Crippen molar-refractivity contribution in [3.63, 3.8) is 0 Å². The molecule has 1 aromatic heterocycles. The highest BCUT2D eigenvalue weighted by molar-refractivity contribution is 5.95. The Kier molecular flexibility index (Phi) is 3.64. The molecule has 28 heavy (non-hydrogen) atoms. The Morgan fingerprint density at radius 1 is 1.11 bits per heavy atom. The molecule has 0 radical (unpaired) electrons. The Labute approximate surface area is 166 Å². The van der Waals surface area contributed by atoms with Crippen LogP contribution in [0, 0.1) is 0 Å². The second kappa shape index (κ2) is 5.87. The van der Waals surface area contributed by atoms with Gasteiger partial charge in [-0.05, 0) is 59.2 Å². The maximum Gasteiger partial charge on any atom is 0.231 e. The number of carbonyl (C=O) groups is 1. The molecule has 1 fully saturated rings. The summed E-state index contributed by atoms with van der Waals surface area (Å²) in [6, 6.07) is 12.3. The van der Waals surface area contributed by atoms with Crippen molar-refractivity contribution in [1.82, 2.24) is 4.98 Å². The summed E-state index contributed by atoms with van der Waals surface area (Å²) < 4.78 is 10.9. The molecule has 146 valence electrons. The molecule has 2 aliphatic rings. The molecule has 2 aromatic carbocycles. The molecular formula is C24H27NO3. The first-order chi connectivity index (χ1) is 13.4. The van der Waals surface area contributed by atoms with E-state index in [9.17, 15) is 4.79 Å². The van der Waals surface area contributed by atoms with Crippen LogP contribution in [0.3, 0.4) is 0 Å². The van der Waals surface area contributed by atoms with Crippen molar-refractivity contribution in [2.24, 2.45) is 0 Å². The summed E-state index contributed by atoms with van der Waals surface area (Å²) in [6.07, 6.45) is 4.36. The Balaban J connectivity index is 0.00000205. The molecule has 0 spiro atoms. The van der Waals surface area contributed by atoms with Gasteiger partial charge in [-0.2, -0.15) is 0 Å². The number of Topliss-reactive ketones (excluding diaryl/α,β-unsaturated/α-hetero) is 1. The van der Waals surface area contributed by atoms with Gasteiger partial charge in [-0.25, -0.2) is 0 Å². The van der Waals surface area contributed by atoms with Crippen molar-refractivity contribution < 1.29 is 15.7 Å². The van der Waals surface area contributed by atoms with E-state index in [4.69, 9.17) is 9.47 Å². The first-order valence-electron chi connectivity index (χ1n) is 9.91. The average molecular weight is 377 g/mol. The number of aromatic amines is 1. The fourth-order valence-electron chi connectivity index (χ4n) is 4.30. The molecule has 1 saturated carbocycles. The van der Waals surface area contributed by atoms with Crippen molar-refractivity contribution in [3.8, 4) is 11.5 Å². The van der Waals surface area contributed by atoms with E-state index in [1.54, 1.807) is 0 Å². The van der Waals surface area contributed by atoms with Crippen LogP contribution >= 0.6 is 0 Å². The Morgan fingerprint density at radius 2 is 1.89 bits per heavy atom. The highest BCUT2D eigenvalue weighted by atomic mass is 16.7. The summed E-state index contributed by atoms with van der Waals surface area (Å²) in [6.45, 7) is 6.90. The van der Waals surface area contributed by atoms with Gasteiger partial charge in [-0.3, -0.25) is 4.79 Å². The fourth-order valence-corrected chi connectivity index (χ4v) is 4.30. The monoisotopic (exact) mass is 377 g/mol. The Bertz CT molecular complexity index is 1090. The zero-order valence-electron chi connectivity index (χ0n) is 16.6. The van der Waals surface area contributed by atoms with E-state index in [1.807, 2.05) is 18.2 Å². The number of nitrogens with one attached hydrogen (secondary N) is 1. The minimum atomic E-state index is -0.360. The number of hydrogen-bond acceptors (Lipinski definition) is 3. The largest absolute Gasteiger partial charge is 0.454 e. The summed E-state index contributed by atoms with van der Waals surface area (Å²) >= 11 is 0. The molecule has 5 rings (SSSR count). The number of fused-ring (bicyclic) bond motifs is 2. The van der Waals surface area contributed by atoms with Crippen molar-refractivity contribution in [2.45, 2.75) is 50.9 Å². The molecule has 0 bridgehead atoms. The SMILES string of the molecule is CC(C)(C)c1c[nH]c2ccc(CC(=O)C3(c4ccc5c(c4)OCO5)CC3)cc12.[HH]. The molecule has 2 heterocycles. The lowest BCUT2D eigenvalue weighted by molar-refractivity contribution is -0.120. The average Bonchev–Trinajstić information content (AvgIpc) is 3.14. The number of H-pyrrole nitrogens is 1. The predicted octanol–water partition coefficient (Wildman–Crippen LogP) is 5.28. The fraction of sp³-hybridized carbons (Fsp3) is 0.375. The second-order valence-corrected chi connectivity index (χ2v) is 9.08. The van der Waals surface area contributed by atoms with Crippen molar-refractivity contribution in [2.75, 3.05) is 6.79 Å². The minimum absolute atomic E-state index is 0. The number of benzene rings is 2. The molecule has 0 unspecified atom stereocenters. The van der Waals surface area contributed by atoms with E-state index in [-0.39, 0.29) is 19.0 Å². The van der Waals surface area contributed by atoms with Gasteiger partial charge in [0.2, 0.25) is 6.79 Å². The van der Waals surface area contributed by atoms with E-state index in [2.05, 4.69) is 50.2 Å². The normalized spacial score (nSPS) is 17.1. The van der Waals surface area contributed by atoms with Crippen LogP contribution in [0.5, 0.6) is 11.5 Å².